The average molecular weight is 152 g/mol. The molecule has 0 saturated heterocycles. The summed E-state index contributed by atoms with van der Waals surface area (Å²) in [4.78, 5) is 0. The lowest BCUT2D eigenvalue weighted by Gasteiger charge is -2.30. The molecule has 0 aromatic carbocycles. The van der Waals surface area contributed by atoms with E-state index in [2.05, 4.69) is 13.0 Å². The predicted octanol–water partition coefficient (Wildman–Crippen LogP) is 1.29. The van der Waals surface area contributed by atoms with E-state index in [-0.39, 0.29) is 5.54 Å². The first-order chi connectivity index (χ1) is 4.93. The summed E-state index contributed by atoms with van der Waals surface area (Å²) in [5.74, 6) is 0. The molecule has 0 aliphatic heterocycles. The van der Waals surface area contributed by atoms with Crippen LogP contribution in [0.25, 0.3) is 0 Å². The van der Waals surface area contributed by atoms with Crippen molar-refractivity contribution in [3.05, 3.63) is 22.9 Å². The highest BCUT2D eigenvalue weighted by molar-refractivity contribution is 5.36. The Morgan fingerprint density at radius 2 is 2.00 bits per heavy atom. The number of hydrogen-bond acceptors (Lipinski definition) is 2. The van der Waals surface area contributed by atoms with Gasteiger partial charge in [0.05, 0.1) is 0 Å². The number of hydrogen-bond donors (Lipinski definition) is 2. The van der Waals surface area contributed by atoms with Crippen molar-refractivity contribution in [2.24, 2.45) is 11.5 Å². The lowest BCUT2D eigenvalue weighted by atomic mass is 9.83. The molecule has 1 atom stereocenters. The minimum Gasteiger partial charge on any atom is -0.402 e. The largest absolute Gasteiger partial charge is 0.402 e. The smallest absolute Gasteiger partial charge is 0.0395 e. The van der Waals surface area contributed by atoms with E-state index in [9.17, 15) is 0 Å². The quantitative estimate of drug-likeness (QED) is 0.549. The molecule has 1 unspecified atom stereocenters. The maximum Gasteiger partial charge on any atom is 0.0395 e. The first-order valence-electron chi connectivity index (χ1n) is 3.86. The Morgan fingerprint density at radius 3 is 2.45 bits per heavy atom. The summed E-state index contributed by atoms with van der Waals surface area (Å²) in [5, 5.41) is 0. The van der Waals surface area contributed by atoms with Crippen LogP contribution in [-0.2, 0) is 0 Å². The van der Waals surface area contributed by atoms with E-state index in [0.717, 1.165) is 17.7 Å². The summed E-state index contributed by atoms with van der Waals surface area (Å²) in [6.07, 6.45) is 2.85. The molecule has 0 fully saturated rings. The Morgan fingerprint density at radius 1 is 1.45 bits per heavy atom. The van der Waals surface area contributed by atoms with Crippen LogP contribution in [0.3, 0.4) is 0 Å². The molecule has 2 heteroatoms. The van der Waals surface area contributed by atoms with Gasteiger partial charge in [0.1, 0.15) is 0 Å². The van der Waals surface area contributed by atoms with Gasteiger partial charge < -0.3 is 11.5 Å². The molecule has 1 aliphatic rings. The maximum absolute atomic E-state index is 5.99. The summed E-state index contributed by atoms with van der Waals surface area (Å²) in [5.41, 5.74) is 14.8. The van der Waals surface area contributed by atoms with Gasteiger partial charge in [0.25, 0.3) is 0 Å². The zero-order chi connectivity index (χ0) is 8.65. The van der Waals surface area contributed by atoms with Gasteiger partial charge in [-0.3, -0.25) is 0 Å². The van der Waals surface area contributed by atoms with Crippen LogP contribution < -0.4 is 11.5 Å². The fraction of sp³-hybridized carbons (Fsp3) is 0.556. The molecular formula is C9H16N2. The lowest BCUT2D eigenvalue weighted by Crippen LogP contribution is -2.40. The highest BCUT2D eigenvalue weighted by Gasteiger charge is 2.25. The van der Waals surface area contributed by atoms with E-state index in [0.29, 0.717) is 0 Å². The van der Waals surface area contributed by atoms with Crippen molar-refractivity contribution < 1.29 is 0 Å². The van der Waals surface area contributed by atoms with Gasteiger partial charge in [-0.2, -0.15) is 0 Å². The molecule has 0 radical (unpaired) electrons. The molecule has 1 rings (SSSR count). The second-order valence-corrected chi connectivity index (χ2v) is 3.63. The van der Waals surface area contributed by atoms with Crippen molar-refractivity contribution in [1.29, 1.82) is 0 Å². The van der Waals surface area contributed by atoms with Crippen LogP contribution in [0.4, 0.5) is 0 Å². The highest BCUT2D eigenvalue weighted by Crippen LogP contribution is 2.27. The van der Waals surface area contributed by atoms with Gasteiger partial charge in [0.2, 0.25) is 0 Å². The van der Waals surface area contributed by atoms with Gasteiger partial charge in [-0.25, -0.2) is 0 Å². The van der Waals surface area contributed by atoms with Crippen molar-refractivity contribution in [2.45, 2.75) is 32.7 Å². The molecule has 0 aromatic heterocycles. The molecule has 0 amide bonds. The summed E-state index contributed by atoms with van der Waals surface area (Å²) < 4.78 is 0. The third-order valence-corrected chi connectivity index (χ3v) is 2.40. The first kappa shape index (κ1) is 8.34. The lowest BCUT2D eigenvalue weighted by molar-refractivity contribution is 0.530. The molecule has 1 aliphatic carbocycles. The van der Waals surface area contributed by atoms with Crippen LogP contribution in [0.15, 0.2) is 22.9 Å². The van der Waals surface area contributed by atoms with Crippen LogP contribution in [0.2, 0.25) is 0 Å². The Kier molecular flexibility index (Phi) is 1.80. The zero-order valence-electron chi connectivity index (χ0n) is 7.44. The molecule has 0 aromatic rings. The SMILES string of the molecule is CC1=CC(C)=C(N)CC1(C)N. The van der Waals surface area contributed by atoms with Crippen molar-refractivity contribution in [1.82, 2.24) is 0 Å². The van der Waals surface area contributed by atoms with Gasteiger partial charge in [0.15, 0.2) is 0 Å². The monoisotopic (exact) mass is 152 g/mol. The third kappa shape index (κ3) is 1.46. The number of allylic oxidation sites excluding steroid dienone is 2. The summed E-state index contributed by atoms with van der Waals surface area (Å²) in [6.45, 7) is 6.09. The van der Waals surface area contributed by atoms with Gasteiger partial charge in [0, 0.05) is 17.7 Å². The Balaban J connectivity index is 3.01. The van der Waals surface area contributed by atoms with E-state index < -0.39 is 0 Å². The Hall–Kier alpha value is -0.760. The van der Waals surface area contributed by atoms with Crippen molar-refractivity contribution in [2.75, 3.05) is 0 Å². The van der Waals surface area contributed by atoms with Crippen LogP contribution in [-0.4, -0.2) is 5.54 Å². The standard InChI is InChI=1S/C9H16N2/c1-6-4-7(2)9(3,11)5-8(6)10/h4H,5,10-11H2,1-3H3. The Labute approximate surface area is 68.0 Å². The zero-order valence-corrected chi connectivity index (χ0v) is 7.44. The normalized spacial score (nSPS) is 32.2. The molecule has 62 valence electrons. The predicted molar refractivity (Wildman–Crippen MR) is 47.9 cm³/mol. The number of rotatable bonds is 0. The maximum atomic E-state index is 5.99. The molecule has 4 N–H and O–H groups in total. The average Bonchev–Trinajstić information content (AvgIpc) is 1.83. The number of nitrogens with two attached hydrogens (primary N) is 2. The fourth-order valence-electron chi connectivity index (χ4n) is 1.26. The van der Waals surface area contributed by atoms with Crippen LogP contribution in [0, 0.1) is 0 Å². The van der Waals surface area contributed by atoms with Gasteiger partial charge in [-0.1, -0.05) is 11.6 Å². The summed E-state index contributed by atoms with van der Waals surface area (Å²) in [7, 11) is 0. The van der Waals surface area contributed by atoms with E-state index in [1.165, 1.54) is 5.57 Å². The minimum absolute atomic E-state index is 0.233. The molecule has 11 heavy (non-hydrogen) atoms. The van der Waals surface area contributed by atoms with Gasteiger partial charge in [-0.15, -0.1) is 0 Å². The van der Waals surface area contributed by atoms with Gasteiger partial charge in [-0.05, 0) is 26.3 Å². The van der Waals surface area contributed by atoms with E-state index in [4.69, 9.17) is 11.5 Å². The fourth-order valence-corrected chi connectivity index (χ4v) is 1.26. The molecule has 0 bridgehead atoms. The molecule has 0 heterocycles. The second-order valence-electron chi connectivity index (χ2n) is 3.63. The topological polar surface area (TPSA) is 52.0 Å². The highest BCUT2D eigenvalue weighted by atomic mass is 14.8. The first-order valence-corrected chi connectivity index (χ1v) is 3.86. The van der Waals surface area contributed by atoms with Crippen molar-refractivity contribution in [3.8, 4) is 0 Å². The van der Waals surface area contributed by atoms with Crippen LogP contribution in [0.5, 0.6) is 0 Å². The van der Waals surface area contributed by atoms with Crippen molar-refractivity contribution in [3.63, 3.8) is 0 Å². The molecular weight excluding hydrogens is 136 g/mol. The molecule has 2 nitrogen and oxygen atoms in total. The minimum atomic E-state index is -0.233. The van der Waals surface area contributed by atoms with Crippen molar-refractivity contribution >= 4 is 0 Å². The van der Waals surface area contributed by atoms with Gasteiger partial charge >= 0.3 is 0 Å². The van der Waals surface area contributed by atoms with Crippen LogP contribution >= 0.6 is 0 Å². The molecule has 0 spiro atoms. The second kappa shape index (κ2) is 2.38. The summed E-state index contributed by atoms with van der Waals surface area (Å²) >= 11 is 0. The van der Waals surface area contributed by atoms with Crippen LogP contribution in [0.1, 0.15) is 27.2 Å². The third-order valence-electron chi connectivity index (χ3n) is 2.40. The Bertz CT molecular complexity index is 234. The molecule has 0 saturated carbocycles. The van der Waals surface area contributed by atoms with E-state index >= 15 is 0 Å². The van der Waals surface area contributed by atoms with E-state index in [1.54, 1.807) is 0 Å². The summed E-state index contributed by atoms with van der Waals surface area (Å²) in [6, 6.07) is 0. The van der Waals surface area contributed by atoms with E-state index in [1.807, 2.05) is 13.8 Å².